The van der Waals surface area contributed by atoms with Crippen LogP contribution in [0.1, 0.15) is 39.5 Å². The van der Waals surface area contributed by atoms with Crippen molar-refractivity contribution in [2.45, 2.75) is 45.6 Å². The second-order valence-electron chi connectivity index (χ2n) is 5.30. The molecule has 100 valence electrons. The van der Waals surface area contributed by atoms with Crippen LogP contribution in [0.15, 0.2) is 0 Å². The Kier molecular flexibility index (Phi) is 6.52. The quantitative estimate of drug-likeness (QED) is 0.606. The summed E-state index contributed by atoms with van der Waals surface area (Å²) >= 11 is 0. The maximum atomic E-state index is 11.9. The maximum Gasteiger partial charge on any atom is 0.223 e. The number of rotatable bonds is 6. The summed E-state index contributed by atoms with van der Waals surface area (Å²) in [7, 11) is 0. The van der Waals surface area contributed by atoms with Crippen LogP contribution in [0.25, 0.3) is 0 Å². The van der Waals surface area contributed by atoms with Crippen LogP contribution in [-0.2, 0) is 4.79 Å². The third-order valence-corrected chi connectivity index (χ3v) is 3.48. The van der Waals surface area contributed by atoms with Crippen molar-refractivity contribution in [2.75, 3.05) is 19.7 Å². The first-order chi connectivity index (χ1) is 8.13. The number of aliphatic hydroxyl groups excluding tert-OH is 1. The molecule has 0 saturated carbocycles. The molecule has 3 N–H and O–H groups in total. The van der Waals surface area contributed by atoms with E-state index in [-0.39, 0.29) is 18.4 Å². The number of carbonyl (C=O) groups is 1. The van der Waals surface area contributed by atoms with Crippen LogP contribution < -0.4 is 10.6 Å². The van der Waals surface area contributed by atoms with E-state index in [1.165, 1.54) is 0 Å². The lowest BCUT2D eigenvalue weighted by Gasteiger charge is -2.27. The third-order valence-electron chi connectivity index (χ3n) is 3.48. The highest BCUT2D eigenvalue weighted by Crippen LogP contribution is 2.15. The number of hydrogen-bond acceptors (Lipinski definition) is 3. The van der Waals surface area contributed by atoms with E-state index >= 15 is 0 Å². The molecule has 17 heavy (non-hydrogen) atoms. The Balaban J connectivity index is 2.12. The zero-order valence-corrected chi connectivity index (χ0v) is 11.0. The molecule has 1 saturated heterocycles. The minimum atomic E-state index is 0.182. The molecule has 4 heteroatoms. The first-order valence-electron chi connectivity index (χ1n) is 6.75. The fourth-order valence-electron chi connectivity index (χ4n) is 2.27. The zero-order valence-electron chi connectivity index (χ0n) is 11.0. The standard InChI is InChI=1S/C13H26N2O2/c1-10(9-16)4-3-6-15-13(17)12-5-7-14-11(2)8-12/h10-12,14,16H,3-9H2,1-2H3,(H,15,17)/t10?,11-,12-/m0/s1. The van der Waals surface area contributed by atoms with Crippen LogP contribution in [0.3, 0.4) is 0 Å². The van der Waals surface area contributed by atoms with Crippen molar-refractivity contribution in [1.29, 1.82) is 0 Å². The lowest BCUT2D eigenvalue weighted by molar-refractivity contribution is -0.126. The van der Waals surface area contributed by atoms with Gasteiger partial charge in [-0.2, -0.15) is 0 Å². The van der Waals surface area contributed by atoms with Gasteiger partial charge in [-0.05, 0) is 45.1 Å². The van der Waals surface area contributed by atoms with Gasteiger partial charge in [0, 0.05) is 25.1 Å². The maximum absolute atomic E-state index is 11.9. The number of piperidine rings is 1. The van der Waals surface area contributed by atoms with Crippen LogP contribution in [-0.4, -0.2) is 36.8 Å². The van der Waals surface area contributed by atoms with Crippen molar-refractivity contribution in [3.8, 4) is 0 Å². The molecule has 0 radical (unpaired) electrons. The molecule has 1 rings (SSSR count). The average molecular weight is 242 g/mol. The van der Waals surface area contributed by atoms with Gasteiger partial charge < -0.3 is 15.7 Å². The lowest BCUT2D eigenvalue weighted by atomic mass is 9.92. The smallest absolute Gasteiger partial charge is 0.223 e. The van der Waals surface area contributed by atoms with Crippen molar-refractivity contribution >= 4 is 5.91 Å². The number of nitrogens with one attached hydrogen (secondary N) is 2. The summed E-state index contributed by atoms with van der Waals surface area (Å²) in [4.78, 5) is 11.9. The fraction of sp³-hybridized carbons (Fsp3) is 0.923. The summed E-state index contributed by atoms with van der Waals surface area (Å²) < 4.78 is 0. The van der Waals surface area contributed by atoms with Gasteiger partial charge >= 0.3 is 0 Å². The molecule has 1 amide bonds. The molecule has 0 aromatic heterocycles. The van der Waals surface area contributed by atoms with Crippen LogP contribution >= 0.6 is 0 Å². The molecule has 1 unspecified atom stereocenters. The molecule has 0 bridgehead atoms. The Morgan fingerprint density at radius 1 is 1.59 bits per heavy atom. The predicted molar refractivity (Wildman–Crippen MR) is 68.7 cm³/mol. The zero-order chi connectivity index (χ0) is 12.7. The molecule has 1 fully saturated rings. The van der Waals surface area contributed by atoms with Crippen LogP contribution in [0, 0.1) is 11.8 Å². The average Bonchev–Trinajstić information content (AvgIpc) is 2.34. The van der Waals surface area contributed by atoms with E-state index in [0.29, 0.717) is 12.0 Å². The monoisotopic (exact) mass is 242 g/mol. The van der Waals surface area contributed by atoms with Crippen LogP contribution in [0.5, 0.6) is 0 Å². The Hall–Kier alpha value is -0.610. The number of amides is 1. The second-order valence-corrected chi connectivity index (χ2v) is 5.30. The highest BCUT2D eigenvalue weighted by molar-refractivity contribution is 5.78. The van der Waals surface area contributed by atoms with E-state index in [2.05, 4.69) is 17.6 Å². The molecule has 0 aliphatic carbocycles. The van der Waals surface area contributed by atoms with E-state index in [1.807, 2.05) is 6.92 Å². The number of hydrogen-bond donors (Lipinski definition) is 3. The number of aliphatic hydroxyl groups is 1. The van der Waals surface area contributed by atoms with Crippen molar-refractivity contribution in [3.05, 3.63) is 0 Å². The van der Waals surface area contributed by atoms with Crippen LogP contribution in [0.2, 0.25) is 0 Å². The van der Waals surface area contributed by atoms with E-state index in [1.54, 1.807) is 0 Å². The van der Waals surface area contributed by atoms with E-state index < -0.39 is 0 Å². The van der Waals surface area contributed by atoms with Gasteiger partial charge in [-0.1, -0.05) is 6.92 Å². The molecule has 4 nitrogen and oxygen atoms in total. The molecular formula is C13H26N2O2. The predicted octanol–water partition coefficient (Wildman–Crippen LogP) is 0.899. The van der Waals surface area contributed by atoms with Gasteiger partial charge in [0.05, 0.1) is 0 Å². The Morgan fingerprint density at radius 2 is 2.35 bits per heavy atom. The Labute approximate surface area is 104 Å². The molecule has 1 heterocycles. The highest BCUT2D eigenvalue weighted by Gasteiger charge is 2.24. The van der Waals surface area contributed by atoms with Gasteiger partial charge in [0.2, 0.25) is 5.91 Å². The van der Waals surface area contributed by atoms with Gasteiger partial charge in [0.1, 0.15) is 0 Å². The van der Waals surface area contributed by atoms with E-state index in [4.69, 9.17) is 5.11 Å². The summed E-state index contributed by atoms with van der Waals surface area (Å²) in [6, 6.07) is 0.453. The first kappa shape index (κ1) is 14.5. The molecule has 1 aliphatic heterocycles. The van der Waals surface area contributed by atoms with Crippen molar-refractivity contribution in [2.24, 2.45) is 11.8 Å². The largest absolute Gasteiger partial charge is 0.396 e. The summed E-state index contributed by atoms with van der Waals surface area (Å²) in [6.07, 6.45) is 3.81. The molecule has 0 aromatic rings. The van der Waals surface area contributed by atoms with Gasteiger partial charge in [-0.3, -0.25) is 4.79 Å². The van der Waals surface area contributed by atoms with Gasteiger partial charge in [0.25, 0.3) is 0 Å². The van der Waals surface area contributed by atoms with Crippen molar-refractivity contribution < 1.29 is 9.90 Å². The van der Waals surface area contributed by atoms with Gasteiger partial charge in [-0.25, -0.2) is 0 Å². The molecule has 1 aliphatic rings. The molecular weight excluding hydrogens is 216 g/mol. The fourth-order valence-corrected chi connectivity index (χ4v) is 2.27. The van der Waals surface area contributed by atoms with E-state index in [0.717, 1.165) is 38.8 Å². The molecule has 0 aromatic carbocycles. The van der Waals surface area contributed by atoms with Crippen molar-refractivity contribution in [3.63, 3.8) is 0 Å². The molecule has 0 spiro atoms. The second kappa shape index (κ2) is 7.67. The number of carbonyl (C=O) groups excluding carboxylic acids is 1. The minimum absolute atomic E-state index is 0.182. The first-order valence-corrected chi connectivity index (χ1v) is 6.75. The van der Waals surface area contributed by atoms with Crippen molar-refractivity contribution in [1.82, 2.24) is 10.6 Å². The Bertz CT molecular complexity index is 233. The minimum Gasteiger partial charge on any atom is -0.396 e. The normalized spacial score (nSPS) is 26.5. The molecule has 3 atom stereocenters. The third kappa shape index (κ3) is 5.50. The summed E-state index contributed by atoms with van der Waals surface area (Å²) in [5.74, 6) is 0.724. The lowest BCUT2D eigenvalue weighted by Crippen LogP contribution is -2.42. The topological polar surface area (TPSA) is 61.4 Å². The Morgan fingerprint density at radius 3 is 3.00 bits per heavy atom. The van der Waals surface area contributed by atoms with Crippen LogP contribution in [0.4, 0.5) is 0 Å². The van der Waals surface area contributed by atoms with Gasteiger partial charge in [-0.15, -0.1) is 0 Å². The summed E-state index contributed by atoms with van der Waals surface area (Å²) in [5, 5.41) is 15.2. The summed E-state index contributed by atoms with van der Waals surface area (Å²) in [5.41, 5.74) is 0. The SMILES string of the molecule is CC(CO)CCCNC(=O)[C@H]1CCN[C@@H](C)C1. The van der Waals surface area contributed by atoms with Gasteiger partial charge in [0.15, 0.2) is 0 Å². The van der Waals surface area contributed by atoms with E-state index in [9.17, 15) is 4.79 Å². The summed E-state index contributed by atoms with van der Waals surface area (Å²) in [6.45, 7) is 6.07. The highest BCUT2D eigenvalue weighted by atomic mass is 16.3.